The zero-order valence-corrected chi connectivity index (χ0v) is 20.5. The summed E-state index contributed by atoms with van der Waals surface area (Å²) in [4.78, 5) is 21.9. The van der Waals surface area contributed by atoms with Crippen LogP contribution in [0.1, 0.15) is 23.1 Å². The lowest BCUT2D eigenvalue weighted by Crippen LogP contribution is -2.32. The van der Waals surface area contributed by atoms with Crippen LogP contribution in [0.4, 0.5) is 5.13 Å². The fourth-order valence-electron chi connectivity index (χ4n) is 3.54. The van der Waals surface area contributed by atoms with Crippen molar-refractivity contribution in [1.82, 2.24) is 9.88 Å². The minimum Gasteiger partial charge on any atom is -0.493 e. The number of fused-ring (bicyclic) bond motifs is 1. The van der Waals surface area contributed by atoms with Crippen LogP contribution in [0.25, 0.3) is 16.3 Å². The number of carbonyl (C=O) groups excluding carboxylic acids is 1. The Morgan fingerprint density at radius 3 is 2.50 bits per heavy atom. The number of thiazole rings is 1. The third-order valence-corrected chi connectivity index (χ3v) is 6.35. The van der Waals surface area contributed by atoms with Crippen molar-refractivity contribution in [2.24, 2.45) is 0 Å². The molecule has 0 saturated carbocycles. The van der Waals surface area contributed by atoms with Gasteiger partial charge in [-0.05, 0) is 81.9 Å². The quantitative estimate of drug-likeness (QED) is 0.430. The number of methoxy groups -OCH3 is 2. The number of aromatic nitrogens is 1. The Balaban J connectivity index is 1.89. The van der Waals surface area contributed by atoms with Crippen LogP contribution in [0.15, 0.2) is 36.4 Å². The number of anilines is 1. The molecule has 0 aliphatic rings. The molecule has 3 rings (SSSR count). The minimum absolute atomic E-state index is 0.0908. The van der Waals surface area contributed by atoms with Crippen LogP contribution >= 0.6 is 11.3 Å². The van der Waals surface area contributed by atoms with E-state index >= 15 is 0 Å². The van der Waals surface area contributed by atoms with Crippen molar-refractivity contribution in [3.63, 3.8) is 0 Å². The van der Waals surface area contributed by atoms with E-state index in [1.165, 1.54) is 11.1 Å². The van der Waals surface area contributed by atoms with Crippen LogP contribution in [0.2, 0.25) is 0 Å². The molecular formula is C25H31N3O3S. The maximum Gasteiger partial charge on any atom is 0.252 e. The number of nitrogens with zero attached hydrogens (tertiary/aromatic N) is 3. The highest BCUT2D eigenvalue weighted by atomic mass is 32.1. The average Bonchev–Trinajstić information content (AvgIpc) is 3.18. The molecule has 1 amide bonds. The molecule has 32 heavy (non-hydrogen) atoms. The summed E-state index contributed by atoms with van der Waals surface area (Å²) in [5, 5.41) is 0.731. The van der Waals surface area contributed by atoms with Gasteiger partial charge in [-0.15, -0.1) is 0 Å². The number of hydrogen-bond donors (Lipinski definition) is 0. The normalized spacial score (nSPS) is 11.5. The van der Waals surface area contributed by atoms with Gasteiger partial charge in [-0.25, -0.2) is 4.98 Å². The molecule has 0 unspecified atom stereocenters. The first kappa shape index (κ1) is 23.8. The number of carbonyl (C=O) groups is 1. The number of rotatable bonds is 9. The summed E-state index contributed by atoms with van der Waals surface area (Å²) in [5.41, 5.74) is 4.16. The van der Waals surface area contributed by atoms with Crippen LogP contribution in [0.3, 0.4) is 0 Å². The van der Waals surface area contributed by atoms with Gasteiger partial charge in [0.25, 0.3) is 5.91 Å². The van der Waals surface area contributed by atoms with E-state index < -0.39 is 0 Å². The molecule has 0 spiro atoms. The summed E-state index contributed by atoms with van der Waals surface area (Å²) in [6.45, 7) is 5.65. The molecule has 7 heteroatoms. The average molecular weight is 454 g/mol. The first-order valence-electron chi connectivity index (χ1n) is 10.6. The second kappa shape index (κ2) is 10.6. The first-order valence-corrected chi connectivity index (χ1v) is 11.4. The molecule has 0 N–H and O–H groups in total. The molecule has 0 aliphatic heterocycles. The van der Waals surface area contributed by atoms with Crippen LogP contribution in [-0.4, -0.2) is 57.2 Å². The van der Waals surface area contributed by atoms with Gasteiger partial charge < -0.3 is 14.4 Å². The third kappa shape index (κ3) is 5.66. The molecule has 6 nitrogen and oxygen atoms in total. The molecule has 3 aromatic rings. The summed E-state index contributed by atoms with van der Waals surface area (Å²) >= 11 is 1.57. The van der Waals surface area contributed by atoms with Crippen molar-refractivity contribution < 1.29 is 14.3 Å². The molecule has 1 heterocycles. The Labute approximate surface area is 194 Å². The van der Waals surface area contributed by atoms with Crippen molar-refractivity contribution >= 4 is 38.7 Å². The molecule has 0 bridgehead atoms. The number of benzene rings is 2. The van der Waals surface area contributed by atoms with Gasteiger partial charge in [0.2, 0.25) is 0 Å². The molecular weight excluding hydrogens is 422 g/mol. The Morgan fingerprint density at radius 2 is 1.81 bits per heavy atom. The highest BCUT2D eigenvalue weighted by Crippen LogP contribution is 2.33. The molecule has 0 radical (unpaired) electrons. The smallest absolute Gasteiger partial charge is 0.252 e. The number of hydrogen-bond acceptors (Lipinski definition) is 6. The highest BCUT2D eigenvalue weighted by Gasteiger charge is 2.19. The monoisotopic (exact) mass is 453 g/mol. The van der Waals surface area contributed by atoms with Gasteiger partial charge >= 0.3 is 0 Å². The lowest BCUT2D eigenvalue weighted by atomic mass is 10.1. The van der Waals surface area contributed by atoms with Crippen molar-refractivity contribution in [3.8, 4) is 11.5 Å². The SMILES string of the molecule is COc1ccc(C=CC(=O)N(CCCN(C)C)c2nc3cc(C)cc(C)c3s2)cc1OC. The number of amides is 1. The number of aryl methyl sites for hydroxylation is 2. The largest absolute Gasteiger partial charge is 0.493 e. The molecule has 1 aromatic heterocycles. The summed E-state index contributed by atoms with van der Waals surface area (Å²) in [7, 11) is 7.27. The first-order chi connectivity index (χ1) is 15.3. The van der Waals surface area contributed by atoms with Gasteiger partial charge in [0.15, 0.2) is 16.6 Å². The van der Waals surface area contributed by atoms with Gasteiger partial charge in [-0.2, -0.15) is 0 Å². The Hall–Kier alpha value is -2.90. The fourth-order valence-corrected chi connectivity index (χ4v) is 4.59. The number of ether oxygens (including phenoxy) is 2. The van der Waals surface area contributed by atoms with Crippen molar-refractivity contribution in [3.05, 3.63) is 53.1 Å². The summed E-state index contributed by atoms with van der Waals surface area (Å²) in [6.07, 6.45) is 4.25. The Morgan fingerprint density at radius 1 is 1.06 bits per heavy atom. The van der Waals surface area contributed by atoms with E-state index in [0.29, 0.717) is 18.0 Å². The van der Waals surface area contributed by atoms with Crippen LogP contribution < -0.4 is 14.4 Å². The lowest BCUT2D eigenvalue weighted by Gasteiger charge is -2.19. The Bertz CT molecular complexity index is 1120. The van der Waals surface area contributed by atoms with Crippen LogP contribution in [0.5, 0.6) is 11.5 Å². The highest BCUT2D eigenvalue weighted by molar-refractivity contribution is 7.22. The topological polar surface area (TPSA) is 54.9 Å². The maximum absolute atomic E-state index is 13.2. The third-order valence-electron chi connectivity index (χ3n) is 5.12. The fraction of sp³-hybridized carbons (Fsp3) is 0.360. The lowest BCUT2D eigenvalue weighted by molar-refractivity contribution is -0.114. The van der Waals surface area contributed by atoms with E-state index in [1.807, 2.05) is 32.3 Å². The van der Waals surface area contributed by atoms with Crippen molar-refractivity contribution in [1.29, 1.82) is 0 Å². The van der Waals surface area contributed by atoms with E-state index in [2.05, 4.69) is 30.9 Å². The summed E-state index contributed by atoms with van der Waals surface area (Å²) in [6, 6.07) is 9.80. The van der Waals surface area contributed by atoms with Crippen molar-refractivity contribution in [2.45, 2.75) is 20.3 Å². The molecule has 170 valence electrons. The van der Waals surface area contributed by atoms with Gasteiger partial charge in [0, 0.05) is 12.6 Å². The Kier molecular flexibility index (Phi) is 7.88. The van der Waals surface area contributed by atoms with Crippen molar-refractivity contribution in [2.75, 3.05) is 46.3 Å². The zero-order valence-electron chi connectivity index (χ0n) is 19.6. The standard InChI is InChI=1S/C25H31N3O3S/c1-17-14-18(2)24-20(15-17)26-25(32-24)28(13-7-12-27(3)4)23(29)11-9-19-8-10-21(30-5)22(16-19)31-6/h8-11,14-16H,7,12-13H2,1-6H3. The van der Waals surface area contributed by atoms with E-state index in [4.69, 9.17) is 14.5 Å². The minimum atomic E-state index is -0.0908. The molecule has 2 aromatic carbocycles. The summed E-state index contributed by atoms with van der Waals surface area (Å²) in [5.74, 6) is 1.19. The molecule has 0 saturated heterocycles. The molecule has 0 fully saturated rings. The van der Waals surface area contributed by atoms with Crippen LogP contribution in [0, 0.1) is 13.8 Å². The molecule has 0 atom stereocenters. The van der Waals surface area contributed by atoms with E-state index in [0.717, 1.165) is 33.9 Å². The second-order valence-corrected chi connectivity index (χ2v) is 9.00. The van der Waals surface area contributed by atoms with E-state index in [-0.39, 0.29) is 5.91 Å². The van der Waals surface area contributed by atoms with E-state index in [9.17, 15) is 4.79 Å². The van der Waals surface area contributed by atoms with Gasteiger partial charge in [0.1, 0.15) is 0 Å². The summed E-state index contributed by atoms with van der Waals surface area (Å²) < 4.78 is 11.8. The predicted octanol–water partition coefficient (Wildman–Crippen LogP) is 4.93. The van der Waals surface area contributed by atoms with E-state index in [1.54, 1.807) is 42.6 Å². The van der Waals surface area contributed by atoms with Gasteiger partial charge in [-0.3, -0.25) is 9.69 Å². The van der Waals surface area contributed by atoms with Gasteiger partial charge in [0.05, 0.1) is 24.4 Å². The van der Waals surface area contributed by atoms with Gasteiger partial charge in [-0.1, -0.05) is 23.5 Å². The molecule has 0 aliphatic carbocycles. The maximum atomic E-state index is 13.2. The van der Waals surface area contributed by atoms with Crippen LogP contribution in [-0.2, 0) is 4.79 Å². The zero-order chi connectivity index (χ0) is 23.3. The second-order valence-electron chi connectivity index (χ2n) is 8.02. The predicted molar refractivity (Wildman–Crippen MR) is 133 cm³/mol.